The van der Waals surface area contributed by atoms with Gasteiger partial charge in [0.2, 0.25) is 0 Å². The predicted octanol–water partition coefficient (Wildman–Crippen LogP) is 2.49. The van der Waals surface area contributed by atoms with Crippen molar-refractivity contribution in [2.24, 2.45) is 17.6 Å². The summed E-state index contributed by atoms with van der Waals surface area (Å²) in [4.78, 5) is 13.6. The molecule has 1 amide bonds. The summed E-state index contributed by atoms with van der Waals surface area (Å²) in [6.45, 7) is 10.5. The van der Waals surface area contributed by atoms with Gasteiger partial charge in [-0.25, -0.2) is 0 Å². The number of carbonyl (C=O) groups is 1. The average molecular weight is 263 g/mol. The first-order chi connectivity index (χ1) is 8.82. The minimum absolute atomic E-state index is 0.398. The molecule has 1 aromatic carbocycles. The van der Waals surface area contributed by atoms with Crippen LogP contribution in [0.4, 0.5) is 11.4 Å². The van der Waals surface area contributed by atoms with Gasteiger partial charge in [-0.05, 0) is 24.0 Å². The van der Waals surface area contributed by atoms with Crippen molar-refractivity contribution in [1.29, 1.82) is 0 Å². The number of para-hydroxylation sites is 1. The molecule has 0 saturated heterocycles. The monoisotopic (exact) mass is 263 g/mol. The van der Waals surface area contributed by atoms with Gasteiger partial charge in [-0.2, -0.15) is 0 Å². The number of nitrogen functional groups attached to an aromatic ring is 1. The Morgan fingerprint density at radius 1 is 1.16 bits per heavy atom. The third-order valence-corrected chi connectivity index (χ3v) is 2.86. The van der Waals surface area contributed by atoms with Crippen LogP contribution in [0.1, 0.15) is 38.1 Å². The van der Waals surface area contributed by atoms with Crippen LogP contribution < -0.4 is 16.4 Å². The first kappa shape index (κ1) is 15.3. The number of nitrogens with two attached hydrogens (primary N) is 2. The van der Waals surface area contributed by atoms with E-state index in [4.69, 9.17) is 11.5 Å². The molecule has 0 unspecified atom stereocenters. The highest BCUT2D eigenvalue weighted by atomic mass is 16.1. The molecular formula is C15H25N3O. The first-order valence-electron chi connectivity index (χ1n) is 6.76. The lowest BCUT2D eigenvalue weighted by molar-refractivity contribution is 0.100. The molecule has 0 aliphatic heterocycles. The minimum atomic E-state index is -0.478. The lowest BCUT2D eigenvalue weighted by atomic mass is 10.1. The second kappa shape index (κ2) is 6.45. The van der Waals surface area contributed by atoms with Crippen LogP contribution in [0.5, 0.6) is 0 Å². The SMILES string of the molecule is CC(C)CN(CC(C)C)c1cccc(C(N)=O)c1N. The number of hydrogen-bond donors (Lipinski definition) is 2. The second-order valence-electron chi connectivity index (χ2n) is 5.80. The van der Waals surface area contributed by atoms with Crippen LogP contribution in [0.2, 0.25) is 0 Å². The van der Waals surface area contributed by atoms with Gasteiger partial charge in [0.25, 0.3) is 5.91 Å². The van der Waals surface area contributed by atoms with Crippen LogP contribution in [0.3, 0.4) is 0 Å². The van der Waals surface area contributed by atoms with Crippen molar-refractivity contribution >= 4 is 17.3 Å². The molecule has 1 rings (SSSR count). The Morgan fingerprint density at radius 3 is 2.11 bits per heavy atom. The molecule has 4 nitrogen and oxygen atoms in total. The molecule has 0 fully saturated rings. The van der Waals surface area contributed by atoms with Gasteiger partial charge in [-0.3, -0.25) is 4.79 Å². The maximum atomic E-state index is 11.4. The smallest absolute Gasteiger partial charge is 0.250 e. The molecule has 1 aromatic rings. The van der Waals surface area contributed by atoms with E-state index in [1.165, 1.54) is 0 Å². The Balaban J connectivity index is 3.14. The fourth-order valence-electron chi connectivity index (χ4n) is 2.20. The second-order valence-corrected chi connectivity index (χ2v) is 5.80. The highest BCUT2D eigenvalue weighted by molar-refractivity contribution is 6.00. The minimum Gasteiger partial charge on any atom is -0.396 e. The number of anilines is 2. The number of carbonyl (C=O) groups excluding carboxylic acids is 1. The molecule has 0 spiro atoms. The highest BCUT2D eigenvalue weighted by Gasteiger charge is 2.16. The molecule has 4 heteroatoms. The Hall–Kier alpha value is -1.71. The zero-order chi connectivity index (χ0) is 14.6. The van der Waals surface area contributed by atoms with Crippen molar-refractivity contribution in [2.45, 2.75) is 27.7 Å². The van der Waals surface area contributed by atoms with Gasteiger partial charge in [0.1, 0.15) is 0 Å². The van der Waals surface area contributed by atoms with E-state index in [1.807, 2.05) is 12.1 Å². The van der Waals surface area contributed by atoms with E-state index in [1.54, 1.807) is 6.07 Å². The van der Waals surface area contributed by atoms with E-state index in [0.29, 0.717) is 23.1 Å². The molecule has 0 aliphatic rings. The van der Waals surface area contributed by atoms with Gasteiger partial charge in [-0.15, -0.1) is 0 Å². The Bertz CT molecular complexity index is 431. The standard InChI is InChI=1S/C15H25N3O/c1-10(2)8-18(9-11(3)4)13-7-5-6-12(14(13)16)15(17)19/h5-7,10-11H,8-9,16H2,1-4H3,(H2,17,19). The maximum Gasteiger partial charge on any atom is 0.250 e. The molecule has 0 bridgehead atoms. The van der Waals surface area contributed by atoms with Crippen molar-refractivity contribution in [3.63, 3.8) is 0 Å². The summed E-state index contributed by atoms with van der Waals surface area (Å²) in [5.41, 5.74) is 13.2. The zero-order valence-electron chi connectivity index (χ0n) is 12.3. The molecule has 0 saturated carbocycles. The molecule has 19 heavy (non-hydrogen) atoms. The average Bonchev–Trinajstić information content (AvgIpc) is 2.26. The number of hydrogen-bond acceptors (Lipinski definition) is 3. The van der Waals surface area contributed by atoms with Crippen LogP contribution in [-0.4, -0.2) is 19.0 Å². The third kappa shape index (κ3) is 4.16. The predicted molar refractivity (Wildman–Crippen MR) is 81.3 cm³/mol. The molecule has 4 N–H and O–H groups in total. The van der Waals surface area contributed by atoms with Crippen molar-refractivity contribution in [3.8, 4) is 0 Å². The number of amides is 1. The van der Waals surface area contributed by atoms with Crippen LogP contribution in [0.15, 0.2) is 18.2 Å². The molecule has 0 radical (unpaired) electrons. The number of rotatable bonds is 6. The van der Waals surface area contributed by atoms with Gasteiger partial charge in [-0.1, -0.05) is 33.8 Å². The van der Waals surface area contributed by atoms with E-state index in [-0.39, 0.29) is 0 Å². The zero-order valence-corrected chi connectivity index (χ0v) is 12.3. The van der Waals surface area contributed by atoms with Gasteiger partial charge in [0.05, 0.1) is 16.9 Å². The summed E-state index contributed by atoms with van der Waals surface area (Å²) in [5.74, 6) is 0.569. The van der Waals surface area contributed by atoms with Crippen molar-refractivity contribution in [2.75, 3.05) is 23.7 Å². The summed E-state index contributed by atoms with van der Waals surface area (Å²) < 4.78 is 0. The van der Waals surface area contributed by atoms with Gasteiger partial charge >= 0.3 is 0 Å². The first-order valence-corrected chi connectivity index (χ1v) is 6.76. The topological polar surface area (TPSA) is 72.3 Å². The van der Waals surface area contributed by atoms with Gasteiger partial charge in [0.15, 0.2) is 0 Å². The number of primary amides is 1. The summed E-state index contributed by atoms with van der Waals surface area (Å²) in [7, 11) is 0. The van der Waals surface area contributed by atoms with Crippen LogP contribution in [0, 0.1) is 11.8 Å². The largest absolute Gasteiger partial charge is 0.396 e. The fraction of sp³-hybridized carbons (Fsp3) is 0.533. The van der Waals surface area contributed by atoms with E-state index in [9.17, 15) is 4.79 Å². The third-order valence-electron chi connectivity index (χ3n) is 2.86. The van der Waals surface area contributed by atoms with Crippen LogP contribution >= 0.6 is 0 Å². The quantitative estimate of drug-likeness (QED) is 0.774. The van der Waals surface area contributed by atoms with Crippen LogP contribution in [0.25, 0.3) is 0 Å². The fourth-order valence-corrected chi connectivity index (χ4v) is 2.20. The van der Waals surface area contributed by atoms with Crippen molar-refractivity contribution in [1.82, 2.24) is 0 Å². The summed E-state index contributed by atoms with van der Waals surface area (Å²) >= 11 is 0. The van der Waals surface area contributed by atoms with E-state index in [0.717, 1.165) is 18.8 Å². The molecule has 106 valence electrons. The summed E-state index contributed by atoms with van der Waals surface area (Å²) in [5, 5.41) is 0. The van der Waals surface area contributed by atoms with Crippen LogP contribution in [-0.2, 0) is 0 Å². The maximum absolute atomic E-state index is 11.4. The highest BCUT2D eigenvalue weighted by Crippen LogP contribution is 2.28. The van der Waals surface area contributed by atoms with E-state index < -0.39 is 5.91 Å². The van der Waals surface area contributed by atoms with Gasteiger partial charge < -0.3 is 16.4 Å². The number of benzene rings is 1. The van der Waals surface area contributed by atoms with Gasteiger partial charge in [0, 0.05) is 13.1 Å². The lowest BCUT2D eigenvalue weighted by Crippen LogP contribution is -2.32. The van der Waals surface area contributed by atoms with E-state index >= 15 is 0 Å². The molecule has 0 atom stereocenters. The van der Waals surface area contributed by atoms with E-state index in [2.05, 4.69) is 32.6 Å². The summed E-state index contributed by atoms with van der Waals surface area (Å²) in [6, 6.07) is 5.45. The normalized spacial score (nSPS) is 11.1. The summed E-state index contributed by atoms with van der Waals surface area (Å²) in [6.07, 6.45) is 0. The Morgan fingerprint density at radius 2 is 1.68 bits per heavy atom. The number of nitrogens with zero attached hydrogens (tertiary/aromatic N) is 1. The lowest BCUT2D eigenvalue weighted by Gasteiger charge is -2.30. The molecule has 0 heterocycles. The van der Waals surface area contributed by atoms with Crippen molar-refractivity contribution < 1.29 is 4.79 Å². The molecule has 0 aromatic heterocycles. The molecule has 0 aliphatic carbocycles. The Labute approximate surface area is 115 Å². The van der Waals surface area contributed by atoms with Crippen molar-refractivity contribution in [3.05, 3.63) is 23.8 Å². The molecular weight excluding hydrogens is 238 g/mol. The Kier molecular flexibility index (Phi) is 5.21.